The van der Waals surface area contributed by atoms with Gasteiger partial charge in [0, 0.05) is 23.8 Å². The Bertz CT molecular complexity index is 377. The maximum Gasteiger partial charge on any atom is 0.146 e. The van der Waals surface area contributed by atoms with Gasteiger partial charge in [-0.15, -0.1) is 0 Å². The molecule has 0 N–H and O–H groups in total. The van der Waals surface area contributed by atoms with Gasteiger partial charge in [-0.1, -0.05) is 0 Å². The molecule has 0 unspecified atom stereocenters. The number of hydrogen-bond donors (Lipinski definition) is 0. The first-order valence-electron chi connectivity index (χ1n) is 4.62. The summed E-state index contributed by atoms with van der Waals surface area (Å²) in [6.07, 6.45) is 4.14. The molecule has 2 heterocycles. The molecule has 0 aliphatic carbocycles. The molecule has 14 heavy (non-hydrogen) atoms. The predicted octanol–water partition coefficient (Wildman–Crippen LogP) is 2.32. The van der Waals surface area contributed by atoms with Crippen LogP contribution in [0.4, 0.5) is 5.82 Å². The molecular formula is C10H10BrN3. The van der Waals surface area contributed by atoms with E-state index in [4.69, 9.17) is 5.26 Å². The molecule has 4 heteroatoms. The summed E-state index contributed by atoms with van der Waals surface area (Å²) in [5, 5.41) is 8.97. The summed E-state index contributed by atoms with van der Waals surface area (Å²) in [4.78, 5) is 6.46. The van der Waals surface area contributed by atoms with Crippen molar-refractivity contribution in [2.24, 2.45) is 0 Å². The van der Waals surface area contributed by atoms with E-state index in [9.17, 15) is 0 Å². The van der Waals surface area contributed by atoms with E-state index in [1.54, 1.807) is 6.20 Å². The first kappa shape index (κ1) is 9.47. The van der Waals surface area contributed by atoms with Gasteiger partial charge in [0.05, 0.1) is 5.56 Å². The van der Waals surface area contributed by atoms with Crippen LogP contribution in [0.2, 0.25) is 0 Å². The van der Waals surface area contributed by atoms with E-state index in [0.29, 0.717) is 5.56 Å². The van der Waals surface area contributed by atoms with Crippen molar-refractivity contribution in [3.8, 4) is 6.07 Å². The molecule has 3 nitrogen and oxygen atoms in total. The topological polar surface area (TPSA) is 39.9 Å². The van der Waals surface area contributed by atoms with Crippen LogP contribution in [0.25, 0.3) is 0 Å². The minimum atomic E-state index is 0.654. The number of rotatable bonds is 1. The van der Waals surface area contributed by atoms with E-state index < -0.39 is 0 Å². The van der Waals surface area contributed by atoms with Crippen LogP contribution in [0.1, 0.15) is 18.4 Å². The molecule has 72 valence electrons. The zero-order valence-corrected chi connectivity index (χ0v) is 9.29. The Morgan fingerprint density at radius 2 is 2.14 bits per heavy atom. The molecule has 1 aromatic heterocycles. The van der Waals surface area contributed by atoms with E-state index >= 15 is 0 Å². The molecule has 0 bridgehead atoms. The molecule has 1 aromatic rings. The Morgan fingerprint density at radius 3 is 2.79 bits per heavy atom. The zero-order chi connectivity index (χ0) is 9.97. The number of nitriles is 1. The summed E-state index contributed by atoms with van der Waals surface area (Å²) < 4.78 is 0.858. The Morgan fingerprint density at radius 1 is 1.43 bits per heavy atom. The van der Waals surface area contributed by atoms with Crippen LogP contribution in [-0.2, 0) is 0 Å². The number of halogens is 1. The molecule has 1 saturated heterocycles. The fourth-order valence-electron chi connectivity index (χ4n) is 1.70. The highest BCUT2D eigenvalue weighted by Gasteiger charge is 2.16. The summed E-state index contributed by atoms with van der Waals surface area (Å²) in [6, 6.07) is 4.00. The van der Waals surface area contributed by atoms with Crippen molar-refractivity contribution in [1.82, 2.24) is 4.98 Å². The first-order chi connectivity index (χ1) is 6.81. The fraction of sp³-hybridized carbons (Fsp3) is 0.400. The lowest BCUT2D eigenvalue weighted by molar-refractivity contribution is 0.932. The summed E-state index contributed by atoms with van der Waals surface area (Å²) in [6.45, 7) is 2.03. The van der Waals surface area contributed by atoms with Gasteiger partial charge in [0.2, 0.25) is 0 Å². The van der Waals surface area contributed by atoms with Crippen molar-refractivity contribution < 1.29 is 0 Å². The summed E-state index contributed by atoms with van der Waals surface area (Å²) in [5.41, 5.74) is 0.654. The van der Waals surface area contributed by atoms with Crippen molar-refractivity contribution in [2.75, 3.05) is 18.0 Å². The molecular weight excluding hydrogens is 242 g/mol. The quantitative estimate of drug-likeness (QED) is 0.770. The van der Waals surface area contributed by atoms with Gasteiger partial charge < -0.3 is 4.90 Å². The third kappa shape index (κ3) is 1.73. The number of pyridine rings is 1. The smallest absolute Gasteiger partial charge is 0.146 e. The number of hydrogen-bond acceptors (Lipinski definition) is 3. The van der Waals surface area contributed by atoms with Crippen LogP contribution in [-0.4, -0.2) is 18.1 Å². The summed E-state index contributed by atoms with van der Waals surface area (Å²) in [7, 11) is 0. The second-order valence-electron chi connectivity index (χ2n) is 3.33. The van der Waals surface area contributed by atoms with Gasteiger partial charge in [-0.3, -0.25) is 0 Å². The molecule has 0 aromatic carbocycles. The Labute approximate surface area is 91.5 Å². The highest BCUT2D eigenvalue weighted by Crippen LogP contribution is 2.23. The largest absolute Gasteiger partial charge is 0.356 e. The van der Waals surface area contributed by atoms with Crippen LogP contribution >= 0.6 is 15.9 Å². The highest BCUT2D eigenvalue weighted by molar-refractivity contribution is 9.10. The standard InChI is InChI=1S/C10H10BrN3/c11-9-5-8(6-12)10(13-7-9)14-3-1-2-4-14/h5,7H,1-4H2. The molecule has 1 aliphatic rings. The fourth-order valence-corrected chi connectivity index (χ4v) is 2.03. The molecule has 0 spiro atoms. The lowest BCUT2D eigenvalue weighted by Crippen LogP contribution is -2.20. The lowest BCUT2D eigenvalue weighted by Gasteiger charge is -2.17. The molecule has 0 radical (unpaired) electrons. The second-order valence-corrected chi connectivity index (χ2v) is 4.25. The van der Waals surface area contributed by atoms with Crippen LogP contribution < -0.4 is 4.90 Å². The minimum Gasteiger partial charge on any atom is -0.356 e. The molecule has 1 fully saturated rings. The maximum atomic E-state index is 8.97. The van der Waals surface area contributed by atoms with Crippen LogP contribution in [0, 0.1) is 11.3 Å². The summed E-state index contributed by atoms with van der Waals surface area (Å²) >= 11 is 3.31. The number of aromatic nitrogens is 1. The van der Waals surface area contributed by atoms with Gasteiger partial charge in [0.15, 0.2) is 0 Å². The van der Waals surface area contributed by atoms with Gasteiger partial charge in [-0.2, -0.15) is 5.26 Å². The molecule has 2 rings (SSSR count). The monoisotopic (exact) mass is 251 g/mol. The van der Waals surface area contributed by atoms with E-state index in [-0.39, 0.29) is 0 Å². The Hall–Kier alpha value is -1.08. The van der Waals surface area contributed by atoms with Gasteiger partial charge in [-0.25, -0.2) is 4.98 Å². The van der Waals surface area contributed by atoms with Crippen molar-refractivity contribution in [3.05, 3.63) is 22.3 Å². The van der Waals surface area contributed by atoms with Gasteiger partial charge in [0.25, 0.3) is 0 Å². The Balaban J connectivity index is 2.37. The maximum absolute atomic E-state index is 8.97. The van der Waals surface area contributed by atoms with E-state index in [1.165, 1.54) is 12.8 Å². The molecule has 1 aliphatic heterocycles. The molecule has 0 atom stereocenters. The number of anilines is 1. The first-order valence-corrected chi connectivity index (χ1v) is 5.41. The zero-order valence-electron chi connectivity index (χ0n) is 7.70. The average Bonchev–Trinajstić information content (AvgIpc) is 2.70. The van der Waals surface area contributed by atoms with E-state index in [0.717, 1.165) is 23.4 Å². The van der Waals surface area contributed by atoms with Crippen LogP contribution in [0.5, 0.6) is 0 Å². The number of nitrogens with zero attached hydrogens (tertiary/aromatic N) is 3. The highest BCUT2D eigenvalue weighted by atomic mass is 79.9. The van der Waals surface area contributed by atoms with Gasteiger partial charge in [0.1, 0.15) is 11.9 Å². The molecule has 0 saturated carbocycles. The normalized spacial score (nSPS) is 15.6. The summed E-state index contributed by atoms with van der Waals surface area (Å²) in [5.74, 6) is 0.827. The third-order valence-electron chi connectivity index (χ3n) is 2.36. The van der Waals surface area contributed by atoms with Gasteiger partial charge >= 0.3 is 0 Å². The van der Waals surface area contributed by atoms with Crippen molar-refractivity contribution in [2.45, 2.75) is 12.8 Å². The van der Waals surface area contributed by atoms with Gasteiger partial charge in [-0.05, 0) is 34.8 Å². The second kappa shape index (κ2) is 3.97. The minimum absolute atomic E-state index is 0.654. The third-order valence-corrected chi connectivity index (χ3v) is 2.79. The lowest BCUT2D eigenvalue weighted by atomic mass is 10.2. The van der Waals surface area contributed by atoms with Crippen molar-refractivity contribution in [1.29, 1.82) is 5.26 Å². The predicted molar refractivity (Wildman–Crippen MR) is 58.1 cm³/mol. The van der Waals surface area contributed by atoms with Crippen LogP contribution in [0.3, 0.4) is 0 Å². The van der Waals surface area contributed by atoms with Crippen molar-refractivity contribution >= 4 is 21.7 Å². The van der Waals surface area contributed by atoms with Crippen LogP contribution in [0.15, 0.2) is 16.7 Å². The van der Waals surface area contributed by atoms with Crippen molar-refractivity contribution in [3.63, 3.8) is 0 Å². The Kier molecular flexibility index (Phi) is 2.69. The molecule has 0 amide bonds. The SMILES string of the molecule is N#Cc1cc(Br)cnc1N1CCCC1. The van der Waals surface area contributed by atoms with E-state index in [2.05, 4.69) is 31.9 Å². The van der Waals surface area contributed by atoms with E-state index in [1.807, 2.05) is 6.07 Å². The average molecular weight is 252 g/mol.